The minimum absolute atomic E-state index is 0.0572. The Bertz CT molecular complexity index is 481. The van der Waals surface area contributed by atoms with Gasteiger partial charge in [0.05, 0.1) is 6.61 Å². The van der Waals surface area contributed by atoms with Crippen molar-refractivity contribution in [3.8, 4) is 11.5 Å². The summed E-state index contributed by atoms with van der Waals surface area (Å²) in [4.78, 5) is 0. The Balaban J connectivity index is 2.03. The zero-order valence-electron chi connectivity index (χ0n) is 12.1. The van der Waals surface area contributed by atoms with Crippen LogP contribution in [0.5, 0.6) is 11.5 Å². The van der Waals surface area contributed by atoms with E-state index in [0.29, 0.717) is 19.9 Å². The summed E-state index contributed by atoms with van der Waals surface area (Å²) in [6, 6.07) is 4.26. The topological polar surface area (TPSA) is 53.7 Å². The molecule has 0 unspecified atom stereocenters. The quantitative estimate of drug-likeness (QED) is 0.919. The minimum atomic E-state index is 0.0572. The first-order valence-electron chi connectivity index (χ1n) is 7.42. The summed E-state index contributed by atoms with van der Waals surface area (Å²) in [5.41, 5.74) is 8.47. The van der Waals surface area contributed by atoms with Gasteiger partial charge >= 0.3 is 0 Å². The second kappa shape index (κ2) is 5.62. The molecular formula is C16H23NO3. The van der Waals surface area contributed by atoms with Crippen LogP contribution in [0.3, 0.4) is 0 Å². The maximum Gasteiger partial charge on any atom is 0.231 e. The van der Waals surface area contributed by atoms with E-state index in [-0.39, 0.29) is 5.41 Å². The molecule has 1 saturated carbocycles. The average Bonchev–Trinajstić information content (AvgIpc) is 2.98. The van der Waals surface area contributed by atoms with E-state index >= 15 is 0 Å². The normalized spacial score (nSPS) is 20.1. The number of hydrogen-bond donors (Lipinski definition) is 1. The highest BCUT2D eigenvalue weighted by molar-refractivity contribution is 5.56. The number of methoxy groups -OCH3 is 1. The molecule has 3 rings (SSSR count). The van der Waals surface area contributed by atoms with Crippen LogP contribution >= 0.6 is 0 Å². The smallest absolute Gasteiger partial charge is 0.231 e. The Kier molecular flexibility index (Phi) is 3.85. The lowest BCUT2D eigenvalue weighted by Crippen LogP contribution is -2.37. The molecule has 1 fully saturated rings. The van der Waals surface area contributed by atoms with Crippen LogP contribution in [0.25, 0.3) is 0 Å². The fourth-order valence-electron chi connectivity index (χ4n) is 3.55. The summed E-state index contributed by atoms with van der Waals surface area (Å²) >= 11 is 0. The molecule has 0 aromatic heterocycles. The van der Waals surface area contributed by atoms with Crippen LogP contribution in [-0.4, -0.2) is 20.4 Å². The Morgan fingerprint density at radius 1 is 1.15 bits per heavy atom. The lowest BCUT2D eigenvalue weighted by Gasteiger charge is -2.37. The summed E-state index contributed by atoms with van der Waals surface area (Å²) in [5, 5.41) is 0. The molecular weight excluding hydrogens is 254 g/mol. The van der Waals surface area contributed by atoms with Crippen molar-refractivity contribution in [1.29, 1.82) is 0 Å². The Labute approximate surface area is 120 Å². The first-order valence-corrected chi connectivity index (χ1v) is 7.42. The van der Waals surface area contributed by atoms with Gasteiger partial charge in [0.15, 0.2) is 11.5 Å². The summed E-state index contributed by atoms with van der Waals surface area (Å²) in [6.45, 7) is 1.51. The molecule has 0 radical (unpaired) electrons. The van der Waals surface area contributed by atoms with Crippen LogP contribution in [0.4, 0.5) is 0 Å². The largest absolute Gasteiger partial charge is 0.453 e. The van der Waals surface area contributed by atoms with Crippen LogP contribution in [0.1, 0.15) is 43.2 Å². The highest BCUT2D eigenvalue weighted by Crippen LogP contribution is 2.48. The number of ether oxygens (including phenoxy) is 3. The van der Waals surface area contributed by atoms with Gasteiger partial charge in [-0.1, -0.05) is 31.4 Å². The lowest BCUT2D eigenvalue weighted by molar-refractivity contribution is 0.161. The predicted molar refractivity (Wildman–Crippen MR) is 77.1 cm³/mol. The van der Waals surface area contributed by atoms with Crippen molar-refractivity contribution >= 4 is 0 Å². The molecule has 110 valence electrons. The molecule has 1 aromatic rings. The molecule has 4 heteroatoms. The Morgan fingerprint density at radius 3 is 2.60 bits per heavy atom. The Morgan fingerprint density at radius 2 is 1.90 bits per heavy atom. The average molecular weight is 277 g/mol. The van der Waals surface area contributed by atoms with E-state index in [2.05, 4.69) is 12.1 Å². The molecule has 0 spiro atoms. The molecule has 0 saturated heterocycles. The highest BCUT2D eigenvalue weighted by atomic mass is 16.7. The summed E-state index contributed by atoms with van der Waals surface area (Å²) < 4.78 is 16.7. The van der Waals surface area contributed by atoms with Crippen LogP contribution in [0.2, 0.25) is 0 Å². The zero-order chi connectivity index (χ0) is 14.0. The number of rotatable bonds is 4. The van der Waals surface area contributed by atoms with Crippen molar-refractivity contribution in [3.05, 3.63) is 23.3 Å². The molecule has 1 heterocycles. The van der Waals surface area contributed by atoms with Crippen molar-refractivity contribution < 1.29 is 14.2 Å². The number of nitrogens with two attached hydrogens (primary N) is 1. The van der Waals surface area contributed by atoms with Crippen molar-refractivity contribution in [2.75, 3.05) is 20.4 Å². The van der Waals surface area contributed by atoms with Gasteiger partial charge in [-0.25, -0.2) is 0 Å². The molecule has 1 aliphatic heterocycles. The van der Waals surface area contributed by atoms with Gasteiger partial charge in [-0.2, -0.15) is 0 Å². The third-order valence-corrected chi connectivity index (χ3v) is 4.67. The maximum absolute atomic E-state index is 6.14. The fraction of sp³-hybridized carbons (Fsp3) is 0.625. The molecule has 2 N–H and O–H groups in total. The van der Waals surface area contributed by atoms with E-state index in [1.807, 2.05) is 0 Å². The van der Waals surface area contributed by atoms with Crippen LogP contribution in [-0.2, 0) is 16.8 Å². The molecule has 0 bridgehead atoms. The van der Waals surface area contributed by atoms with Gasteiger partial charge in [-0.05, 0) is 12.8 Å². The van der Waals surface area contributed by atoms with Gasteiger partial charge in [-0.3, -0.25) is 0 Å². The molecule has 1 aromatic carbocycles. The van der Waals surface area contributed by atoms with E-state index in [0.717, 1.165) is 29.9 Å². The predicted octanol–water partition coefficient (Wildman–Crippen LogP) is 2.72. The van der Waals surface area contributed by atoms with E-state index in [1.54, 1.807) is 7.11 Å². The SMILES string of the molecule is COCc1ccc(C2(CN)CCCCC2)c2c1OCO2. The molecule has 4 nitrogen and oxygen atoms in total. The number of hydrogen-bond acceptors (Lipinski definition) is 4. The number of fused-ring (bicyclic) bond motifs is 1. The first kappa shape index (κ1) is 13.7. The standard InChI is InChI=1S/C16H23NO3/c1-18-9-12-5-6-13(15-14(12)19-11-20-15)16(10-17)7-3-2-4-8-16/h5-6H,2-4,7-11,17H2,1H3. The van der Waals surface area contributed by atoms with Crippen molar-refractivity contribution in [2.24, 2.45) is 5.73 Å². The molecule has 1 aliphatic carbocycles. The van der Waals surface area contributed by atoms with Gasteiger partial charge in [0.1, 0.15) is 0 Å². The van der Waals surface area contributed by atoms with E-state index in [9.17, 15) is 0 Å². The van der Waals surface area contributed by atoms with Crippen molar-refractivity contribution in [3.63, 3.8) is 0 Å². The molecule has 0 atom stereocenters. The monoisotopic (exact) mass is 277 g/mol. The Hall–Kier alpha value is -1.26. The highest BCUT2D eigenvalue weighted by Gasteiger charge is 2.37. The van der Waals surface area contributed by atoms with Gasteiger partial charge in [-0.15, -0.1) is 0 Å². The van der Waals surface area contributed by atoms with E-state index in [1.165, 1.54) is 24.8 Å². The van der Waals surface area contributed by atoms with Crippen LogP contribution in [0.15, 0.2) is 12.1 Å². The van der Waals surface area contributed by atoms with Gasteiger partial charge in [0.25, 0.3) is 0 Å². The fourth-order valence-corrected chi connectivity index (χ4v) is 3.55. The second-order valence-corrected chi connectivity index (χ2v) is 5.82. The molecule has 2 aliphatic rings. The van der Waals surface area contributed by atoms with Crippen LogP contribution in [0, 0.1) is 0 Å². The molecule has 20 heavy (non-hydrogen) atoms. The van der Waals surface area contributed by atoms with Gasteiger partial charge < -0.3 is 19.9 Å². The van der Waals surface area contributed by atoms with Crippen LogP contribution < -0.4 is 15.2 Å². The van der Waals surface area contributed by atoms with Crippen molar-refractivity contribution in [2.45, 2.75) is 44.1 Å². The van der Waals surface area contributed by atoms with Gasteiger partial charge in [0, 0.05) is 30.2 Å². The zero-order valence-corrected chi connectivity index (χ0v) is 12.1. The minimum Gasteiger partial charge on any atom is -0.453 e. The number of benzene rings is 1. The van der Waals surface area contributed by atoms with Gasteiger partial charge in [0.2, 0.25) is 6.79 Å². The summed E-state index contributed by atoms with van der Waals surface area (Å²) in [6.07, 6.45) is 6.08. The van der Waals surface area contributed by atoms with E-state index in [4.69, 9.17) is 19.9 Å². The second-order valence-electron chi connectivity index (χ2n) is 5.82. The van der Waals surface area contributed by atoms with Crippen molar-refractivity contribution in [1.82, 2.24) is 0 Å². The summed E-state index contributed by atoms with van der Waals surface area (Å²) in [7, 11) is 1.69. The molecule has 0 amide bonds. The first-order chi connectivity index (χ1) is 9.80. The maximum atomic E-state index is 6.14. The van der Waals surface area contributed by atoms with E-state index < -0.39 is 0 Å². The summed E-state index contributed by atoms with van der Waals surface area (Å²) in [5.74, 6) is 1.75. The lowest BCUT2D eigenvalue weighted by atomic mass is 9.69. The third-order valence-electron chi connectivity index (χ3n) is 4.67. The third kappa shape index (κ3) is 2.17.